The van der Waals surface area contributed by atoms with Crippen LogP contribution in [0.2, 0.25) is 0 Å². The van der Waals surface area contributed by atoms with Crippen LogP contribution in [0.3, 0.4) is 0 Å². The molecule has 2 saturated heterocycles. The van der Waals surface area contributed by atoms with E-state index in [4.69, 9.17) is 28.9 Å². The summed E-state index contributed by atoms with van der Waals surface area (Å²) in [6.45, 7) is 23.1. The number of piperidine rings is 2. The summed E-state index contributed by atoms with van der Waals surface area (Å²) in [4.78, 5) is 76.5. The molecule has 8 rings (SSSR count). The van der Waals surface area contributed by atoms with E-state index in [2.05, 4.69) is 36.3 Å². The first-order valence-electron chi connectivity index (χ1n) is 25.8. The highest BCUT2D eigenvalue weighted by Crippen LogP contribution is 2.36. The summed E-state index contributed by atoms with van der Waals surface area (Å²) in [7, 11) is 5.54. The normalized spacial score (nSPS) is 18.3. The Morgan fingerprint density at radius 2 is 1.00 bits per heavy atom. The van der Waals surface area contributed by atoms with Crippen LogP contribution >= 0.6 is 0 Å². The van der Waals surface area contributed by atoms with Gasteiger partial charge in [0.1, 0.15) is 40.3 Å². The van der Waals surface area contributed by atoms with E-state index in [0.29, 0.717) is 54.6 Å². The molecule has 8 heterocycles. The number of nitrogens with one attached hydrogen (secondary N) is 3. The highest BCUT2D eigenvalue weighted by atomic mass is 16.6. The molecule has 6 aromatic heterocycles. The molecule has 77 heavy (non-hydrogen) atoms. The van der Waals surface area contributed by atoms with Crippen molar-refractivity contribution in [2.45, 2.75) is 155 Å². The van der Waals surface area contributed by atoms with Crippen molar-refractivity contribution in [3.05, 3.63) is 60.7 Å². The molecule has 3 N–H and O–H groups in total. The Morgan fingerprint density at radius 3 is 1.39 bits per heavy atom. The SMILES string of the molecule is CNC[C@@H]1CC[C@H](c2cc(NC(=O)OC(C)(C)C)n3ncc(-c4cnn(C)c4)c3n2)CN1C(=O)OC(C)(C)C.Cn1cc(-c2cnn3c(NC(=O)OC(C)(C)C)cc([C@H]4CC[C@@H](C=O)N(C(=O)OC(C)(C)C)C4)nc23)cn1. The van der Waals surface area contributed by atoms with E-state index in [1.54, 1.807) is 95.7 Å². The van der Waals surface area contributed by atoms with Crippen LogP contribution in [-0.2, 0) is 37.8 Å². The summed E-state index contributed by atoms with van der Waals surface area (Å²) in [6.07, 6.45) is 11.9. The van der Waals surface area contributed by atoms with E-state index in [-0.39, 0.29) is 30.5 Å². The number of aldehydes is 1. The first kappa shape index (κ1) is 57.1. The molecule has 6 aromatic rings. The van der Waals surface area contributed by atoms with Gasteiger partial charge in [-0.2, -0.15) is 29.4 Å². The van der Waals surface area contributed by atoms with Gasteiger partial charge in [0.2, 0.25) is 0 Å². The van der Waals surface area contributed by atoms with E-state index >= 15 is 0 Å². The van der Waals surface area contributed by atoms with Gasteiger partial charge in [0.05, 0.1) is 42.2 Å². The molecule has 0 saturated carbocycles. The lowest BCUT2D eigenvalue weighted by Crippen LogP contribution is -2.51. The Hall–Kier alpha value is -7.63. The third-order valence-electron chi connectivity index (χ3n) is 12.3. The number of aromatic nitrogens is 10. The Balaban J connectivity index is 0.000000224. The average molecular weight is 1070 g/mol. The van der Waals surface area contributed by atoms with Crippen LogP contribution < -0.4 is 16.0 Å². The Morgan fingerprint density at radius 1 is 0.584 bits per heavy atom. The van der Waals surface area contributed by atoms with E-state index in [1.165, 1.54) is 4.90 Å². The summed E-state index contributed by atoms with van der Waals surface area (Å²) >= 11 is 0. The fourth-order valence-corrected chi connectivity index (χ4v) is 9.07. The van der Waals surface area contributed by atoms with Crippen molar-refractivity contribution in [2.24, 2.45) is 14.1 Å². The molecule has 4 amide bonds. The summed E-state index contributed by atoms with van der Waals surface area (Å²) < 4.78 is 28.8. The van der Waals surface area contributed by atoms with Gasteiger partial charge in [0.25, 0.3) is 0 Å². The summed E-state index contributed by atoms with van der Waals surface area (Å²) in [5, 5.41) is 26.3. The highest BCUT2D eigenvalue weighted by molar-refractivity contribution is 5.87. The zero-order valence-electron chi connectivity index (χ0n) is 47.0. The first-order chi connectivity index (χ1) is 36.0. The summed E-state index contributed by atoms with van der Waals surface area (Å²) in [6, 6.07) is 2.97. The zero-order valence-corrected chi connectivity index (χ0v) is 47.0. The summed E-state index contributed by atoms with van der Waals surface area (Å²) in [5.41, 5.74) is 3.01. The van der Waals surface area contributed by atoms with Crippen molar-refractivity contribution in [3.63, 3.8) is 0 Å². The second-order valence-electron chi connectivity index (χ2n) is 23.5. The van der Waals surface area contributed by atoms with E-state index in [1.807, 2.05) is 81.1 Å². The zero-order chi connectivity index (χ0) is 56.4. The number of hydrogen-bond donors (Lipinski definition) is 3. The van der Waals surface area contributed by atoms with Crippen LogP contribution in [-0.4, -0.2) is 150 Å². The molecule has 0 radical (unpaired) electrons. The Kier molecular flexibility index (Phi) is 16.7. The minimum absolute atomic E-state index is 0.00473. The molecule has 0 aromatic carbocycles. The van der Waals surface area contributed by atoms with Crippen LogP contribution in [0.5, 0.6) is 0 Å². The topological polar surface area (TPSA) is 261 Å². The highest BCUT2D eigenvalue weighted by Gasteiger charge is 2.38. The maximum atomic E-state index is 13.2. The second-order valence-corrected chi connectivity index (χ2v) is 23.5. The number of amides is 4. The van der Waals surface area contributed by atoms with Gasteiger partial charge < -0.3 is 34.0 Å². The second kappa shape index (κ2) is 22.5. The van der Waals surface area contributed by atoms with Gasteiger partial charge in [0.15, 0.2) is 11.3 Å². The third-order valence-corrected chi connectivity index (χ3v) is 12.3. The molecule has 416 valence electrons. The number of fused-ring (bicyclic) bond motifs is 2. The van der Waals surface area contributed by atoms with Gasteiger partial charge in [-0.1, -0.05) is 0 Å². The molecule has 0 bridgehead atoms. The molecule has 0 spiro atoms. The lowest BCUT2D eigenvalue weighted by molar-refractivity contribution is -0.113. The van der Waals surface area contributed by atoms with Crippen LogP contribution in [0, 0.1) is 0 Å². The van der Waals surface area contributed by atoms with Crippen molar-refractivity contribution < 1.29 is 42.9 Å². The smallest absolute Gasteiger partial charge is 0.413 e. The van der Waals surface area contributed by atoms with E-state index in [0.717, 1.165) is 47.1 Å². The molecule has 4 atom stereocenters. The molecule has 2 aliphatic rings. The van der Waals surface area contributed by atoms with Crippen LogP contribution in [0.4, 0.5) is 30.8 Å². The maximum Gasteiger partial charge on any atom is 0.413 e. The lowest BCUT2D eigenvalue weighted by atomic mass is 9.90. The van der Waals surface area contributed by atoms with Crippen LogP contribution in [0.25, 0.3) is 33.5 Å². The fourth-order valence-electron chi connectivity index (χ4n) is 9.07. The predicted molar refractivity (Wildman–Crippen MR) is 287 cm³/mol. The van der Waals surface area contributed by atoms with Gasteiger partial charge in [-0.3, -0.25) is 24.9 Å². The van der Waals surface area contributed by atoms with Gasteiger partial charge >= 0.3 is 24.4 Å². The molecular formula is C53H75N15O9. The van der Waals surface area contributed by atoms with E-state index in [9.17, 15) is 24.0 Å². The first-order valence-corrected chi connectivity index (χ1v) is 25.8. The average Bonchev–Trinajstić information content (AvgIpc) is 4.17. The van der Waals surface area contributed by atoms with Gasteiger partial charge in [-0.05, 0) is 116 Å². The van der Waals surface area contributed by atoms with Crippen LogP contribution in [0.1, 0.15) is 132 Å². The van der Waals surface area contributed by atoms with Crippen molar-refractivity contribution >= 4 is 53.6 Å². The number of aryl methyl sites for hydroxylation is 2. The molecule has 0 aliphatic carbocycles. The van der Waals surface area contributed by atoms with Crippen molar-refractivity contribution in [2.75, 3.05) is 37.3 Å². The number of carbonyl (C=O) groups is 5. The van der Waals surface area contributed by atoms with Gasteiger partial charge in [-0.25, -0.2) is 29.1 Å². The number of ether oxygens (including phenoxy) is 4. The molecule has 2 fully saturated rings. The quantitative estimate of drug-likeness (QED) is 0.0907. The predicted octanol–water partition coefficient (Wildman–Crippen LogP) is 8.34. The molecule has 24 heteroatoms. The minimum Gasteiger partial charge on any atom is -0.444 e. The number of likely N-dealkylation sites (N-methyl/N-ethyl adjacent to an activating group) is 1. The number of anilines is 2. The van der Waals surface area contributed by atoms with Crippen LogP contribution in [0.15, 0.2) is 49.3 Å². The lowest BCUT2D eigenvalue weighted by Gasteiger charge is -2.40. The number of hydrogen-bond acceptors (Lipinski definition) is 16. The monoisotopic (exact) mass is 1070 g/mol. The Bertz CT molecular complexity index is 3090. The third kappa shape index (κ3) is 14.7. The van der Waals surface area contributed by atoms with Crippen molar-refractivity contribution in [1.82, 2.24) is 63.9 Å². The van der Waals surface area contributed by atoms with Crippen molar-refractivity contribution in [1.29, 1.82) is 0 Å². The van der Waals surface area contributed by atoms with Crippen molar-refractivity contribution in [3.8, 4) is 22.3 Å². The minimum atomic E-state index is -0.699. The van der Waals surface area contributed by atoms with Gasteiger partial charge in [-0.15, -0.1) is 0 Å². The maximum absolute atomic E-state index is 13.2. The standard InChI is InChI=1S/C27H40N8O4.C26H35N7O5/c1-26(2,3)38-24(36)32-22-11-21(31-23-20(14-30-35(22)23)18-12-29-33(8)15-18)17-9-10-19(13-28-7)34(16-17)25(37)39-27(4,5)6;1-25(2,3)37-23(35)30-21-10-20(29-22-19(12-28-33(21)22)17-11-27-31(7)13-17)16-8-9-18(15-34)32(14-16)24(36)38-26(4,5)6/h11-12,14-15,17,19,28H,9-10,13,16H2,1-8H3,(H,32,36);10-13,15-16,18H,8-9,14H2,1-7H3,(H,30,35)/t17-,19-;16-,18-/m00/s1. The van der Waals surface area contributed by atoms with Gasteiger partial charge in [0, 0.05) is 98.4 Å². The molecular weight excluding hydrogens is 991 g/mol. The summed E-state index contributed by atoms with van der Waals surface area (Å²) in [5.74, 6) is 0.516. The van der Waals surface area contributed by atoms with E-state index < -0.39 is 46.7 Å². The number of rotatable bonds is 9. The number of carbonyl (C=O) groups excluding carboxylic acids is 5. The molecule has 0 unspecified atom stereocenters. The number of likely N-dealkylation sites (tertiary alicyclic amines) is 2. The molecule has 2 aliphatic heterocycles. The molecule has 24 nitrogen and oxygen atoms in total. The number of nitrogens with zero attached hydrogens (tertiary/aromatic N) is 12. The Labute approximate surface area is 448 Å². The fraction of sp³-hybridized carbons (Fsp3) is 0.566. The largest absolute Gasteiger partial charge is 0.444 e.